The predicted molar refractivity (Wildman–Crippen MR) is 71.5 cm³/mol. The zero-order valence-electron chi connectivity index (χ0n) is 10.8. The van der Waals surface area contributed by atoms with Crippen LogP contribution in [0.15, 0.2) is 24.3 Å². The topological polar surface area (TPSA) is 38.1 Å². The van der Waals surface area contributed by atoms with Crippen LogP contribution in [0.2, 0.25) is 0 Å². The summed E-state index contributed by atoms with van der Waals surface area (Å²) in [6, 6.07) is 7.94. The van der Waals surface area contributed by atoms with Gasteiger partial charge in [-0.15, -0.1) is 0 Å². The Labute approximate surface area is 106 Å². The van der Waals surface area contributed by atoms with Gasteiger partial charge in [0.25, 0.3) is 0 Å². The van der Waals surface area contributed by atoms with Crippen molar-refractivity contribution in [1.82, 2.24) is 9.55 Å². The van der Waals surface area contributed by atoms with E-state index in [2.05, 4.69) is 4.98 Å². The lowest BCUT2D eigenvalue weighted by atomic mass is 10.3. The van der Waals surface area contributed by atoms with Crippen molar-refractivity contribution >= 4 is 22.9 Å². The predicted octanol–water partition coefficient (Wildman–Crippen LogP) is 2.34. The van der Waals surface area contributed by atoms with Crippen molar-refractivity contribution in [2.75, 3.05) is 11.9 Å². The Balaban J connectivity index is 1.92. The summed E-state index contributed by atoms with van der Waals surface area (Å²) in [5.41, 5.74) is 1.99. The first-order valence-electron chi connectivity index (χ1n) is 6.35. The van der Waals surface area contributed by atoms with E-state index in [1.165, 1.54) is 12.8 Å². The monoisotopic (exact) mass is 243 g/mol. The molecule has 1 aromatic carbocycles. The van der Waals surface area contributed by atoms with E-state index in [0.717, 1.165) is 17.0 Å². The first-order valence-corrected chi connectivity index (χ1v) is 6.35. The van der Waals surface area contributed by atoms with Gasteiger partial charge in [-0.05, 0) is 30.9 Å². The number of imidazole rings is 1. The van der Waals surface area contributed by atoms with Crippen LogP contribution in [-0.4, -0.2) is 22.5 Å². The van der Waals surface area contributed by atoms with Gasteiger partial charge in [0, 0.05) is 20.5 Å². The van der Waals surface area contributed by atoms with Gasteiger partial charge in [-0.25, -0.2) is 4.98 Å². The Morgan fingerprint density at radius 3 is 2.83 bits per heavy atom. The summed E-state index contributed by atoms with van der Waals surface area (Å²) in [7, 11) is 3.76. The molecule has 1 fully saturated rings. The summed E-state index contributed by atoms with van der Waals surface area (Å²) >= 11 is 0. The van der Waals surface area contributed by atoms with E-state index in [9.17, 15) is 4.79 Å². The van der Waals surface area contributed by atoms with E-state index in [4.69, 9.17) is 0 Å². The van der Waals surface area contributed by atoms with E-state index in [1.54, 1.807) is 4.90 Å². The highest BCUT2D eigenvalue weighted by molar-refractivity contribution is 5.93. The summed E-state index contributed by atoms with van der Waals surface area (Å²) in [6.45, 7) is 0. The Hall–Kier alpha value is -1.84. The van der Waals surface area contributed by atoms with Crippen molar-refractivity contribution in [3.05, 3.63) is 24.3 Å². The van der Waals surface area contributed by atoms with Crippen molar-refractivity contribution in [3.63, 3.8) is 0 Å². The number of fused-ring (bicyclic) bond motifs is 1. The van der Waals surface area contributed by atoms with Gasteiger partial charge in [-0.2, -0.15) is 0 Å². The molecule has 1 saturated carbocycles. The number of para-hydroxylation sites is 2. The van der Waals surface area contributed by atoms with Gasteiger partial charge >= 0.3 is 0 Å². The molecule has 2 aromatic rings. The van der Waals surface area contributed by atoms with Crippen LogP contribution in [-0.2, 0) is 11.8 Å². The third-order valence-corrected chi connectivity index (χ3v) is 3.60. The number of amides is 1. The summed E-state index contributed by atoms with van der Waals surface area (Å²) < 4.78 is 1.97. The molecule has 0 saturated heterocycles. The molecule has 18 heavy (non-hydrogen) atoms. The Morgan fingerprint density at radius 2 is 2.17 bits per heavy atom. The zero-order valence-corrected chi connectivity index (χ0v) is 10.8. The third-order valence-electron chi connectivity index (χ3n) is 3.60. The van der Waals surface area contributed by atoms with E-state index in [-0.39, 0.29) is 5.91 Å². The first-order chi connectivity index (χ1) is 8.66. The number of anilines is 1. The summed E-state index contributed by atoms with van der Waals surface area (Å²) in [5, 5.41) is 0. The van der Waals surface area contributed by atoms with Gasteiger partial charge in [0.1, 0.15) is 0 Å². The maximum Gasteiger partial charge on any atom is 0.229 e. The fourth-order valence-corrected chi connectivity index (χ4v) is 2.25. The molecule has 0 spiro atoms. The molecule has 1 amide bonds. The second kappa shape index (κ2) is 4.12. The molecular weight excluding hydrogens is 226 g/mol. The van der Waals surface area contributed by atoms with Gasteiger partial charge in [0.05, 0.1) is 11.0 Å². The van der Waals surface area contributed by atoms with Gasteiger partial charge in [-0.1, -0.05) is 12.1 Å². The van der Waals surface area contributed by atoms with Crippen LogP contribution in [0.5, 0.6) is 0 Å². The van der Waals surface area contributed by atoms with Crippen LogP contribution < -0.4 is 4.90 Å². The average Bonchev–Trinajstić information content (AvgIpc) is 3.12. The molecule has 4 nitrogen and oxygen atoms in total. The molecule has 1 aliphatic carbocycles. The van der Waals surface area contributed by atoms with E-state index < -0.39 is 0 Å². The van der Waals surface area contributed by atoms with Crippen molar-refractivity contribution in [3.8, 4) is 0 Å². The number of aromatic nitrogens is 2. The maximum atomic E-state index is 12.1. The Bertz CT molecular complexity index is 598. The minimum atomic E-state index is 0.163. The number of nitrogens with zero attached hydrogens (tertiary/aromatic N) is 3. The maximum absolute atomic E-state index is 12.1. The number of carbonyl (C=O) groups excluding carboxylic acids is 1. The second-order valence-electron chi connectivity index (χ2n) is 5.06. The van der Waals surface area contributed by atoms with Crippen LogP contribution in [0.3, 0.4) is 0 Å². The number of carbonyl (C=O) groups is 1. The molecule has 1 aliphatic rings. The fourth-order valence-electron chi connectivity index (χ4n) is 2.25. The first kappa shape index (κ1) is 11.3. The van der Waals surface area contributed by atoms with Crippen molar-refractivity contribution in [1.29, 1.82) is 0 Å². The molecule has 3 rings (SSSR count). The van der Waals surface area contributed by atoms with E-state index in [1.807, 2.05) is 42.9 Å². The highest BCUT2D eigenvalue weighted by Crippen LogP contribution is 2.33. The lowest BCUT2D eigenvalue weighted by molar-refractivity contribution is -0.118. The molecule has 0 bridgehead atoms. The zero-order chi connectivity index (χ0) is 12.7. The van der Waals surface area contributed by atoms with Crippen molar-refractivity contribution in [2.45, 2.75) is 19.3 Å². The summed E-state index contributed by atoms with van der Waals surface area (Å²) in [6.07, 6.45) is 3.05. The quantitative estimate of drug-likeness (QED) is 0.829. The standard InChI is InChI=1S/C14H17N3O/c1-16-12-6-4-3-5-11(12)15-14(16)17(2)13(18)9-10-7-8-10/h3-6,10H,7-9H2,1-2H3. The van der Waals surface area contributed by atoms with Crippen LogP contribution in [0, 0.1) is 5.92 Å². The smallest absolute Gasteiger partial charge is 0.229 e. The third kappa shape index (κ3) is 1.88. The fraction of sp³-hybridized carbons (Fsp3) is 0.429. The molecule has 1 heterocycles. The lowest BCUT2D eigenvalue weighted by Gasteiger charge is -2.16. The van der Waals surface area contributed by atoms with Crippen LogP contribution >= 0.6 is 0 Å². The molecule has 4 heteroatoms. The summed E-state index contributed by atoms with van der Waals surface area (Å²) in [4.78, 5) is 18.3. The van der Waals surface area contributed by atoms with Crippen LogP contribution in [0.1, 0.15) is 19.3 Å². The number of rotatable bonds is 3. The minimum absolute atomic E-state index is 0.163. The van der Waals surface area contributed by atoms with E-state index in [0.29, 0.717) is 12.3 Å². The Morgan fingerprint density at radius 1 is 1.44 bits per heavy atom. The molecule has 0 radical (unpaired) electrons. The molecule has 0 aliphatic heterocycles. The molecular formula is C14H17N3O. The van der Waals surface area contributed by atoms with Gasteiger partial charge in [-0.3, -0.25) is 9.69 Å². The van der Waals surface area contributed by atoms with Gasteiger partial charge in [0.15, 0.2) is 0 Å². The lowest BCUT2D eigenvalue weighted by Crippen LogP contribution is -2.28. The average molecular weight is 243 g/mol. The normalized spacial score (nSPS) is 15.0. The van der Waals surface area contributed by atoms with Crippen molar-refractivity contribution in [2.24, 2.45) is 13.0 Å². The minimum Gasteiger partial charge on any atom is -0.313 e. The highest BCUT2D eigenvalue weighted by Gasteiger charge is 2.27. The Kier molecular flexibility index (Phi) is 2.58. The number of hydrogen-bond acceptors (Lipinski definition) is 2. The van der Waals surface area contributed by atoms with Gasteiger partial charge < -0.3 is 4.57 Å². The number of aryl methyl sites for hydroxylation is 1. The van der Waals surface area contributed by atoms with E-state index >= 15 is 0 Å². The molecule has 0 atom stereocenters. The molecule has 0 N–H and O–H groups in total. The summed E-state index contributed by atoms with van der Waals surface area (Å²) in [5.74, 6) is 1.49. The number of benzene rings is 1. The molecule has 1 aromatic heterocycles. The van der Waals surface area contributed by atoms with Crippen molar-refractivity contribution < 1.29 is 4.79 Å². The molecule has 94 valence electrons. The SMILES string of the molecule is CN(C(=O)CC1CC1)c1nc2ccccc2n1C. The largest absolute Gasteiger partial charge is 0.313 e. The second-order valence-corrected chi connectivity index (χ2v) is 5.06. The molecule has 0 unspecified atom stereocenters. The number of hydrogen-bond donors (Lipinski definition) is 0. The van der Waals surface area contributed by atoms with Gasteiger partial charge in [0.2, 0.25) is 11.9 Å². The van der Waals surface area contributed by atoms with Crippen LogP contribution in [0.25, 0.3) is 11.0 Å². The highest BCUT2D eigenvalue weighted by atomic mass is 16.2. The van der Waals surface area contributed by atoms with Crippen LogP contribution in [0.4, 0.5) is 5.95 Å².